The summed E-state index contributed by atoms with van der Waals surface area (Å²) in [4.78, 5) is 17.6. The van der Waals surface area contributed by atoms with Crippen molar-refractivity contribution in [1.29, 1.82) is 0 Å². The van der Waals surface area contributed by atoms with E-state index in [1.165, 1.54) is 19.4 Å². The zero-order valence-corrected chi connectivity index (χ0v) is 10.3. The molecule has 2 heterocycles. The first-order chi connectivity index (χ1) is 8.72. The first-order valence-electron chi connectivity index (χ1n) is 6.49. The number of amides is 1. The summed E-state index contributed by atoms with van der Waals surface area (Å²) >= 11 is 0. The van der Waals surface area contributed by atoms with Crippen LogP contribution in [0, 0.1) is 0 Å². The summed E-state index contributed by atoms with van der Waals surface area (Å²) in [5.41, 5.74) is 6.47. The molecule has 3 N–H and O–H groups in total. The molecule has 18 heavy (non-hydrogen) atoms. The molecule has 2 fully saturated rings. The van der Waals surface area contributed by atoms with E-state index in [4.69, 9.17) is 5.73 Å². The minimum Gasteiger partial charge on any atom is -0.381 e. The van der Waals surface area contributed by atoms with Crippen LogP contribution in [0.2, 0.25) is 0 Å². The van der Waals surface area contributed by atoms with Crippen LogP contribution in [0.3, 0.4) is 0 Å². The second-order valence-corrected chi connectivity index (χ2v) is 5.15. The van der Waals surface area contributed by atoms with E-state index >= 15 is 0 Å². The Morgan fingerprint density at radius 1 is 1.44 bits per heavy atom. The molecule has 0 radical (unpaired) electrons. The van der Waals surface area contributed by atoms with Crippen molar-refractivity contribution in [1.82, 2.24) is 9.88 Å². The molecule has 0 bridgehead atoms. The van der Waals surface area contributed by atoms with E-state index in [0.717, 1.165) is 24.7 Å². The van der Waals surface area contributed by atoms with Gasteiger partial charge in [-0.05, 0) is 31.4 Å². The largest absolute Gasteiger partial charge is 0.381 e. The molecule has 1 unspecified atom stereocenters. The average molecular weight is 246 g/mol. The molecule has 1 aliphatic carbocycles. The molecule has 1 saturated heterocycles. The Morgan fingerprint density at radius 3 is 3.00 bits per heavy atom. The van der Waals surface area contributed by atoms with Crippen molar-refractivity contribution in [2.75, 3.05) is 18.4 Å². The summed E-state index contributed by atoms with van der Waals surface area (Å²) in [6, 6.07) is 4.90. The lowest BCUT2D eigenvalue weighted by Crippen LogP contribution is -2.27. The van der Waals surface area contributed by atoms with Crippen LogP contribution >= 0.6 is 0 Å². The number of primary amides is 1. The van der Waals surface area contributed by atoms with Crippen LogP contribution in [0.5, 0.6) is 0 Å². The third kappa shape index (κ3) is 2.46. The molecule has 0 spiro atoms. The highest BCUT2D eigenvalue weighted by Crippen LogP contribution is 2.30. The number of nitrogens with one attached hydrogen (secondary N) is 1. The third-order valence-electron chi connectivity index (χ3n) is 3.67. The third-order valence-corrected chi connectivity index (χ3v) is 3.67. The average Bonchev–Trinajstić information content (AvgIpc) is 3.11. The molecule has 5 nitrogen and oxygen atoms in total. The number of hydrogen-bond acceptors (Lipinski definition) is 4. The van der Waals surface area contributed by atoms with Gasteiger partial charge in [0.2, 0.25) is 0 Å². The maximum absolute atomic E-state index is 11.1. The Bertz CT molecular complexity index is 458. The number of aromatic nitrogens is 1. The summed E-state index contributed by atoms with van der Waals surface area (Å²) in [7, 11) is 0. The van der Waals surface area contributed by atoms with Gasteiger partial charge < -0.3 is 11.1 Å². The zero-order chi connectivity index (χ0) is 12.5. The number of hydrogen-bond donors (Lipinski definition) is 2. The van der Waals surface area contributed by atoms with Gasteiger partial charge in [-0.2, -0.15) is 0 Å². The van der Waals surface area contributed by atoms with Crippen molar-refractivity contribution in [3.63, 3.8) is 0 Å². The van der Waals surface area contributed by atoms with E-state index in [-0.39, 0.29) is 0 Å². The second kappa shape index (κ2) is 4.57. The minimum absolute atomic E-state index is 0.317. The highest BCUT2D eigenvalue weighted by atomic mass is 16.1. The first kappa shape index (κ1) is 11.5. The molecule has 1 saturated carbocycles. The van der Waals surface area contributed by atoms with Gasteiger partial charge in [0, 0.05) is 37.1 Å². The van der Waals surface area contributed by atoms with Gasteiger partial charge in [0.05, 0.1) is 0 Å². The molecule has 1 aromatic heterocycles. The Morgan fingerprint density at radius 2 is 2.28 bits per heavy atom. The summed E-state index contributed by atoms with van der Waals surface area (Å²) in [6.07, 6.45) is 5.49. The SMILES string of the molecule is NC(=O)c1cc(NC2CCN(C3CC3)C2)ccn1. The van der Waals surface area contributed by atoms with Gasteiger partial charge in [0.1, 0.15) is 5.69 Å². The molecule has 1 aliphatic heterocycles. The molecule has 1 atom stereocenters. The lowest BCUT2D eigenvalue weighted by atomic mass is 10.2. The number of likely N-dealkylation sites (tertiary alicyclic amines) is 1. The maximum Gasteiger partial charge on any atom is 0.267 e. The Labute approximate surface area is 106 Å². The molecule has 1 aromatic rings. The lowest BCUT2D eigenvalue weighted by molar-refractivity contribution is 0.0995. The van der Waals surface area contributed by atoms with Crippen molar-refractivity contribution in [3.8, 4) is 0 Å². The van der Waals surface area contributed by atoms with Crippen LogP contribution in [-0.4, -0.2) is 41.0 Å². The summed E-state index contributed by atoms with van der Waals surface area (Å²) in [5.74, 6) is -0.482. The monoisotopic (exact) mass is 246 g/mol. The van der Waals surface area contributed by atoms with Crippen LogP contribution in [-0.2, 0) is 0 Å². The lowest BCUT2D eigenvalue weighted by Gasteiger charge is -2.16. The van der Waals surface area contributed by atoms with Gasteiger partial charge in [-0.15, -0.1) is 0 Å². The number of carbonyl (C=O) groups is 1. The highest BCUT2D eigenvalue weighted by molar-refractivity contribution is 5.91. The maximum atomic E-state index is 11.1. The Hall–Kier alpha value is -1.62. The van der Waals surface area contributed by atoms with Crippen molar-refractivity contribution < 1.29 is 4.79 Å². The van der Waals surface area contributed by atoms with Crippen molar-refractivity contribution in [2.24, 2.45) is 5.73 Å². The second-order valence-electron chi connectivity index (χ2n) is 5.15. The van der Waals surface area contributed by atoms with E-state index in [1.54, 1.807) is 12.3 Å². The van der Waals surface area contributed by atoms with Crippen molar-refractivity contribution in [2.45, 2.75) is 31.3 Å². The highest BCUT2D eigenvalue weighted by Gasteiger charge is 2.34. The van der Waals surface area contributed by atoms with Gasteiger partial charge in [-0.3, -0.25) is 14.7 Å². The fraction of sp³-hybridized carbons (Fsp3) is 0.538. The molecular weight excluding hydrogens is 228 g/mol. The van der Waals surface area contributed by atoms with Crippen molar-refractivity contribution >= 4 is 11.6 Å². The van der Waals surface area contributed by atoms with Gasteiger partial charge in [0.25, 0.3) is 5.91 Å². The van der Waals surface area contributed by atoms with Crippen LogP contribution in [0.1, 0.15) is 29.8 Å². The molecule has 2 aliphatic rings. The molecule has 0 aromatic carbocycles. The standard InChI is InChI=1S/C13H18N4O/c14-13(18)12-7-9(3-5-15-12)16-10-4-6-17(8-10)11-1-2-11/h3,5,7,10-11H,1-2,4,6,8H2,(H2,14,18)(H,15,16). The molecule has 3 rings (SSSR count). The molecular formula is C13H18N4O. The topological polar surface area (TPSA) is 71.2 Å². The number of anilines is 1. The van der Waals surface area contributed by atoms with E-state index < -0.39 is 5.91 Å². The van der Waals surface area contributed by atoms with Gasteiger partial charge in [0.15, 0.2) is 0 Å². The molecule has 96 valence electrons. The van der Waals surface area contributed by atoms with Crippen LogP contribution in [0.25, 0.3) is 0 Å². The summed E-state index contributed by atoms with van der Waals surface area (Å²) in [6.45, 7) is 2.27. The van der Waals surface area contributed by atoms with Gasteiger partial charge in [-0.25, -0.2) is 0 Å². The number of rotatable bonds is 4. The predicted molar refractivity (Wildman–Crippen MR) is 69.4 cm³/mol. The number of pyridine rings is 1. The Kier molecular flexibility index (Phi) is 2.91. The number of nitrogens with zero attached hydrogens (tertiary/aromatic N) is 2. The van der Waals surface area contributed by atoms with Gasteiger partial charge >= 0.3 is 0 Å². The normalized spacial score (nSPS) is 24.1. The van der Waals surface area contributed by atoms with Crippen molar-refractivity contribution in [3.05, 3.63) is 24.0 Å². The van der Waals surface area contributed by atoms with Crippen LogP contribution in [0.15, 0.2) is 18.3 Å². The molecule has 5 heteroatoms. The van der Waals surface area contributed by atoms with Crippen LogP contribution < -0.4 is 11.1 Å². The first-order valence-corrected chi connectivity index (χ1v) is 6.49. The fourth-order valence-electron chi connectivity index (χ4n) is 2.57. The number of nitrogens with two attached hydrogens (primary N) is 1. The fourth-order valence-corrected chi connectivity index (χ4v) is 2.57. The van der Waals surface area contributed by atoms with Crippen LogP contribution in [0.4, 0.5) is 5.69 Å². The van der Waals surface area contributed by atoms with E-state index in [1.807, 2.05) is 6.07 Å². The zero-order valence-electron chi connectivity index (χ0n) is 10.3. The smallest absolute Gasteiger partial charge is 0.267 e. The minimum atomic E-state index is -0.482. The summed E-state index contributed by atoms with van der Waals surface area (Å²) < 4.78 is 0. The van der Waals surface area contributed by atoms with E-state index in [0.29, 0.717) is 11.7 Å². The molecule has 1 amide bonds. The predicted octanol–water partition coefficient (Wildman–Crippen LogP) is 0.829. The Balaban J connectivity index is 1.62. The number of carbonyl (C=O) groups excluding carboxylic acids is 1. The van der Waals surface area contributed by atoms with E-state index in [2.05, 4.69) is 15.2 Å². The van der Waals surface area contributed by atoms with E-state index in [9.17, 15) is 4.79 Å². The van der Waals surface area contributed by atoms with Gasteiger partial charge in [-0.1, -0.05) is 0 Å². The quantitative estimate of drug-likeness (QED) is 0.825. The summed E-state index contributed by atoms with van der Waals surface area (Å²) in [5, 5.41) is 3.46.